The molecule has 2 aromatic heterocycles. The molecule has 0 aliphatic rings. The lowest BCUT2D eigenvalue weighted by atomic mass is 10.1. The summed E-state index contributed by atoms with van der Waals surface area (Å²) in [5, 5.41) is 1.77. The molecule has 0 atom stereocenters. The van der Waals surface area contributed by atoms with Crippen LogP contribution in [0.1, 0.15) is 16.8 Å². The van der Waals surface area contributed by atoms with Crippen molar-refractivity contribution in [1.29, 1.82) is 0 Å². The van der Waals surface area contributed by atoms with Crippen LogP contribution in [0.15, 0.2) is 104 Å². The molecular weight excluding hydrogens is 526 g/mol. The van der Waals surface area contributed by atoms with Crippen molar-refractivity contribution < 1.29 is 13.9 Å². The van der Waals surface area contributed by atoms with Crippen LogP contribution in [0, 0.1) is 0 Å². The quantitative estimate of drug-likeness (QED) is 0.0938. The zero-order valence-electron chi connectivity index (χ0n) is 18.6. The minimum Gasteiger partial charge on any atom is -0.462 e. The van der Waals surface area contributed by atoms with Crippen LogP contribution in [0.25, 0.3) is 33.1 Å². The van der Waals surface area contributed by atoms with Gasteiger partial charge in [-0.15, -0.1) is 11.8 Å². The van der Waals surface area contributed by atoms with Crippen molar-refractivity contribution in [2.24, 2.45) is 0 Å². The van der Waals surface area contributed by atoms with Crippen molar-refractivity contribution in [2.45, 2.75) is 11.3 Å². The third-order valence-electron chi connectivity index (χ3n) is 5.46. The summed E-state index contributed by atoms with van der Waals surface area (Å²) >= 11 is 5.17. The molecule has 5 rings (SSSR count). The first kappa shape index (κ1) is 23.3. The van der Waals surface area contributed by atoms with Crippen LogP contribution in [0.5, 0.6) is 0 Å². The molecule has 7 heteroatoms. The second-order valence-electron chi connectivity index (χ2n) is 7.85. The molecule has 0 radical (unpaired) electrons. The predicted molar refractivity (Wildman–Crippen MR) is 143 cm³/mol. The number of halogens is 1. The van der Waals surface area contributed by atoms with E-state index >= 15 is 0 Å². The summed E-state index contributed by atoms with van der Waals surface area (Å²) in [6.07, 6.45) is 0.638. The Labute approximate surface area is 214 Å². The minimum absolute atomic E-state index is 0.0874. The number of nitrogens with zero attached hydrogens (tertiary/aromatic N) is 1. The summed E-state index contributed by atoms with van der Waals surface area (Å²) in [4.78, 5) is 30.6. The number of esters is 1. The van der Waals surface area contributed by atoms with Gasteiger partial charge in [0.05, 0.1) is 17.8 Å². The smallest absolute Gasteiger partial charge is 0.351 e. The van der Waals surface area contributed by atoms with Gasteiger partial charge in [-0.25, -0.2) is 14.6 Å². The van der Waals surface area contributed by atoms with E-state index in [2.05, 4.69) is 28.1 Å². The average Bonchev–Trinajstić information content (AvgIpc) is 2.88. The Bertz CT molecular complexity index is 1580. The van der Waals surface area contributed by atoms with E-state index in [0.717, 1.165) is 37.3 Å². The van der Waals surface area contributed by atoms with Gasteiger partial charge in [0.25, 0.3) is 0 Å². The Hall–Kier alpha value is -3.42. The largest absolute Gasteiger partial charge is 0.462 e. The first-order chi connectivity index (χ1) is 17.1. The number of fused-ring (bicyclic) bond motifs is 2. The first-order valence-corrected chi connectivity index (χ1v) is 12.8. The van der Waals surface area contributed by atoms with Gasteiger partial charge < -0.3 is 9.15 Å². The first-order valence-electron chi connectivity index (χ1n) is 11.1. The molecule has 5 aromatic rings. The summed E-state index contributed by atoms with van der Waals surface area (Å²) in [5.41, 5.74) is 2.56. The van der Waals surface area contributed by atoms with E-state index in [-0.39, 0.29) is 12.2 Å². The standard InChI is InChI=1S/C28H20BrNO4S/c29-20-12-10-18(11-13-20)24-17-26(21-7-2-3-8-23(21)30-24)35-15-5-14-33-27(31)22-16-19-6-1-4-9-25(19)34-28(22)32/h1-4,6-13,16-17H,5,14-15H2. The van der Waals surface area contributed by atoms with Crippen LogP contribution < -0.4 is 5.63 Å². The topological polar surface area (TPSA) is 69.4 Å². The fraction of sp³-hybridized carbons (Fsp3) is 0.107. The van der Waals surface area contributed by atoms with Crippen LogP contribution in [0.4, 0.5) is 0 Å². The molecule has 0 N–H and O–H groups in total. The highest BCUT2D eigenvalue weighted by atomic mass is 79.9. The van der Waals surface area contributed by atoms with Gasteiger partial charge in [0.2, 0.25) is 0 Å². The van der Waals surface area contributed by atoms with Gasteiger partial charge >= 0.3 is 11.6 Å². The molecule has 0 amide bonds. The Morgan fingerprint density at radius 2 is 1.74 bits per heavy atom. The number of ether oxygens (including phenoxy) is 1. The lowest BCUT2D eigenvalue weighted by Crippen LogP contribution is -2.17. The molecule has 0 fully saturated rings. The van der Waals surface area contributed by atoms with Crippen LogP contribution in [-0.4, -0.2) is 23.3 Å². The van der Waals surface area contributed by atoms with Gasteiger partial charge in [0.1, 0.15) is 11.1 Å². The van der Waals surface area contributed by atoms with Crippen LogP contribution in [0.2, 0.25) is 0 Å². The molecule has 0 saturated carbocycles. The van der Waals surface area contributed by atoms with Crippen LogP contribution in [-0.2, 0) is 4.74 Å². The molecule has 0 saturated heterocycles. The summed E-state index contributed by atoms with van der Waals surface area (Å²) in [5.74, 6) is 0.0781. The SMILES string of the molecule is O=C(OCCCSc1cc(-c2ccc(Br)cc2)nc2ccccc12)c1cc2ccccc2oc1=O. The highest BCUT2D eigenvalue weighted by Crippen LogP contribution is 2.32. The fourth-order valence-corrected chi connectivity index (χ4v) is 4.99. The zero-order valence-corrected chi connectivity index (χ0v) is 21.0. The monoisotopic (exact) mass is 545 g/mol. The second kappa shape index (κ2) is 10.5. The Morgan fingerprint density at radius 1 is 0.971 bits per heavy atom. The maximum Gasteiger partial charge on any atom is 0.351 e. The number of pyridine rings is 1. The molecular formula is C28H20BrNO4S. The van der Waals surface area contributed by atoms with Crippen molar-refractivity contribution in [3.8, 4) is 11.3 Å². The Morgan fingerprint density at radius 3 is 2.60 bits per heavy atom. The number of hydrogen-bond acceptors (Lipinski definition) is 6. The van der Waals surface area contributed by atoms with Crippen molar-refractivity contribution in [3.63, 3.8) is 0 Å². The molecule has 0 spiro atoms. The number of para-hydroxylation sites is 2. The lowest BCUT2D eigenvalue weighted by molar-refractivity contribution is 0.0501. The van der Waals surface area contributed by atoms with E-state index in [1.165, 1.54) is 6.07 Å². The predicted octanol–water partition coefficient (Wildman–Crippen LogP) is 7.11. The third-order valence-corrected chi connectivity index (χ3v) is 7.13. The van der Waals surface area contributed by atoms with Gasteiger partial charge in [0, 0.05) is 31.5 Å². The van der Waals surface area contributed by atoms with E-state index in [9.17, 15) is 9.59 Å². The Kier molecular flexibility index (Phi) is 6.97. The summed E-state index contributed by atoms with van der Waals surface area (Å²) in [6, 6.07) is 26.8. The van der Waals surface area contributed by atoms with Gasteiger partial charge in [0.15, 0.2) is 0 Å². The number of benzene rings is 3. The molecule has 35 heavy (non-hydrogen) atoms. The van der Waals surface area contributed by atoms with Gasteiger partial charge in [-0.05, 0) is 42.8 Å². The molecule has 0 unspecified atom stereocenters. The number of thioether (sulfide) groups is 1. The number of carbonyl (C=O) groups excluding carboxylic acids is 1. The fourth-order valence-electron chi connectivity index (χ4n) is 3.72. The molecule has 2 heterocycles. The summed E-state index contributed by atoms with van der Waals surface area (Å²) < 4.78 is 11.6. The van der Waals surface area contributed by atoms with Crippen molar-refractivity contribution >= 4 is 55.5 Å². The molecule has 3 aromatic carbocycles. The van der Waals surface area contributed by atoms with Crippen molar-refractivity contribution in [1.82, 2.24) is 4.98 Å². The number of carbonyl (C=O) groups is 1. The summed E-state index contributed by atoms with van der Waals surface area (Å²) in [7, 11) is 0. The minimum atomic E-state index is -0.688. The number of hydrogen-bond donors (Lipinski definition) is 0. The maximum absolute atomic E-state index is 12.4. The third kappa shape index (κ3) is 5.31. The van der Waals surface area contributed by atoms with Crippen LogP contribution >= 0.6 is 27.7 Å². The Balaban J connectivity index is 1.25. The molecule has 5 nitrogen and oxygen atoms in total. The molecule has 0 bridgehead atoms. The van der Waals surface area contributed by atoms with E-state index < -0.39 is 11.6 Å². The number of aromatic nitrogens is 1. The normalized spacial score (nSPS) is 11.1. The second-order valence-corrected chi connectivity index (χ2v) is 9.91. The van der Waals surface area contributed by atoms with Gasteiger partial charge in [-0.1, -0.05) is 64.5 Å². The number of rotatable bonds is 7. The van der Waals surface area contributed by atoms with E-state index in [0.29, 0.717) is 17.4 Å². The van der Waals surface area contributed by atoms with Crippen molar-refractivity contribution in [3.05, 3.63) is 105 Å². The van der Waals surface area contributed by atoms with Crippen molar-refractivity contribution in [2.75, 3.05) is 12.4 Å². The van der Waals surface area contributed by atoms with Gasteiger partial charge in [-0.3, -0.25) is 0 Å². The maximum atomic E-state index is 12.4. The van der Waals surface area contributed by atoms with E-state index in [4.69, 9.17) is 14.1 Å². The van der Waals surface area contributed by atoms with Gasteiger partial charge in [-0.2, -0.15) is 0 Å². The van der Waals surface area contributed by atoms with E-state index in [1.54, 1.807) is 30.0 Å². The molecule has 0 aliphatic carbocycles. The summed E-state index contributed by atoms with van der Waals surface area (Å²) in [6.45, 7) is 0.209. The molecule has 174 valence electrons. The average molecular weight is 546 g/mol. The highest BCUT2D eigenvalue weighted by molar-refractivity contribution is 9.10. The zero-order chi connectivity index (χ0) is 24.2. The van der Waals surface area contributed by atoms with Crippen LogP contribution in [0.3, 0.4) is 0 Å². The lowest BCUT2D eigenvalue weighted by Gasteiger charge is -2.10. The molecule has 0 aliphatic heterocycles. The van der Waals surface area contributed by atoms with E-state index in [1.807, 2.05) is 48.5 Å². The highest BCUT2D eigenvalue weighted by Gasteiger charge is 2.15.